The van der Waals surface area contributed by atoms with E-state index in [1.807, 2.05) is 31.2 Å². The molecule has 1 saturated heterocycles. The summed E-state index contributed by atoms with van der Waals surface area (Å²) in [6.45, 7) is 3.32. The highest BCUT2D eigenvalue weighted by Crippen LogP contribution is 2.26. The maximum Gasteiger partial charge on any atom is 0.243 e. The van der Waals surface area contributed by atoms with Crippen LogP contribution in [0.3, 0.4) is 0 Å². The summed E-state index contributed by atoms with van der Waals surface area (Å²) < 4.78 is 37.1. The Hall–Kier alpha value is -2.07. The molecular weight excluding hydrogens is 412 g/mol. The zero-order valence-corrected chi connectivity index (χ0v) is 18.0. The molecule has 2 aromatic rings. The van der Waals surface area contributed by atoms with E-state index in [0.29, 0.717) is 32.0 Å². The number of benzene rings is 2. The van der Waals surface area contributed by atoms with E-state index < -0.39 is 10.0 Å². The minimum absolute atomic E-state index is 0.158. The fourth-order valence-corrected chi connectivity index (χ4v) is 5.08. The molecule has 2 aromatic carbocycles. The van der Waals surface area contributed by atoms with Gasteiger partial charge in [0, 0.05) is 23.7 Å². The number of hydrogen-bond acceptors (Lipinski definition) is 6. The van der Waals surface area contributed by atoms with Gasteiger partial charge in [0.1, 0.15) is 5.75 Å². The summed E-state index contributed by atoms with van der Waals surface area (Å²) in [6.07, 6.45) is 0. The van der Waals surface area contributed by atoms with Crippen LogP contribution in [-0.4, -0.2) is 57.3 Å². The van der Waals surface area contributed by atoms with Gasteiger partial charge in [0.05, 0.1) is 30.5 Å². The summed E-state index contributed by atoms with van der Waals surface area (Å²) in [5.41, 5.74) is 0.554. The Bertz CT molecular complexity index is 924. The Morgan fingerprint density at radius 2 is 1.72 bits per heavy atom. The molecule has 1 aliphatic rings. The van der Waals surface area contributed by atoms with E-state index in [1.165, 1.54) is 28.2 Å². The number of morpholine rings is 1. The quantitative estimate of drug-likeness (QED) is 0.672. The first-order valence-electron chi connectivity index (χ1n) is 9.19. The van der Waals surface area contributed by atoms with Crippen molar-refractivity contribution in [1.82, 2.24) is 4.31 Å². The van der Waals surface area contributed by atoms with Crippen LogP contribution in [0.15, 0.2) is 58.3 Å². The standard InChI is InChI=1S/C20H24N2O5S2/c1-15(28-18-7-5-17(26-2)6-8-18)20(23)21-16-3-9-19(10-4-16)29(24,25)22-11-13-27-14-12-22/h3-10,15H,11-14H2,1-2H3,(H,21,23)/t15-/m0/s1. The number of nitrogens with zero attached hydrogens (tertiary/aromatic N) is 1. The summed E-state index contributed by atoms with van der Waals surface area (Å²) >= 11 is 1.43. The van der Waals surface area contributed by atoms with Crippen molar-refractivity contribution >= 4 is 33.4 Å². The first-order valence-corrected chi connectivity index (χ1v) is 11.5. The Labute approximate surface area is 175 Å². The summed E-state index contributed by atoms with van der Waals surface area (Å²) in [4.78, 5) is 13.6. The first kappa shape index (κ1) is 21.6. The molecule has 0 unspecified atom stereocenters. The molecule has 7 nitrogen and oxygen atoms in total. The summed E-state index contributed by atoms with van der Waals surface area (Å²) in [7, 11) is -1.94. The average molecular weight is 437 g/mol. The van der Waals surface area contributed by atoms with Crippen molar-refractivity contribution in [3.8, 4) is 5.75 Å². The number of nitrogens with one attached hydrogen (secondary N) is 1. The lowest BCUT2D eigenvalue weighted by molar-refractivity contribution is -0.115. The molecular formula is C20H24N2O5S2. The number of ether oxygens (including phenoxy) is 2. The lowest BCUT2D eigenvalue weighted by Gasteiger charge is -2.26. The van der Waals surface area contributed by atoms with Crippen molar-refractivity contribution in [1.29, 1.82) is 0 Å². The van der Waals surface area contributed by atoms with Gasteiger partial charge in [-0.05, 0) is 55.5 Å². The van der Waals surface area contributed by atoms with Crippen LogP contribution in [0.4, 0.5) is 5.69 Å². The molecule has 0 bridgehead atoms. The highest BCUT2D eigenvalue weighted by Gasteiger charge is 2.26. The normalized spacial score (nSPS) is 16.2. The van der Waals surface area contributed by atoms with E-state index >= 15 is 0 Å². The number of amides is 1. The Kier molecular flexibility index (Phi) is 7.18. The van der Waals surface area contributed by atoms with Gasteiger partial charge in [0.2, 0.25) is 15.9 Å². The van der Waals surface area contributed by atoms with E-state index in [2.05, 4.69) is 5.32 Å². The van der Waals surface area contributed by atoms with Gasteiger partial charge in [-0.1, -0.05) is 0 Å². The average Bonchev–Trinajstić information content (AvgIpc) is 2.75. The van der Waals surface area contributed by atoms with Crippen LogP contribution in [0, 0.1) is 0 Å². The van der Waals surface area contributed by atoms with Crippen LogP contribution in [0.2, 0.25) is 0 Å². The second-order valence-corrected chi connectivity index (χ2v) is 9.82. The van der Waals surface area contributed by atoms with Crippen LogP contribution in [0.25, 0.3) is 0 Å². The highest BCUT2D eigenvalue weighted by atomic mass is 32.2. The number of hydrogen-bond donors (Lipinski definition) is 1. The van der Waals surface area contributed by atoms with Crippen molar-refractivity contribution in [2.45, 2.75) is 22.0 Å². The number of rotatable bonds is 7. The third kappa shape index (κ3) is 5.51. The molecule has 1 fully saturated rings. The zero-order valence-electron chi connectivity index (χ0n) is 16.3. The Balaban J connectivity index is 1.60. The zero-order chi connectivity index (χ0) is 20.9. The van der Waals surface area contributed by atoms with E-state index in [9.17, 15) is 13.2 Å². The number of thioether (sulfide) groups is 1. The Morgan fingerprint density at radius 3 is 2.31 bits per heavy atom. The van der Waals surface area contributed by atoms with Gasteiger partial charge in [-0.3, -0.25) is 4.79 Å². The van der Waals surface area contributed by atoms with Gasteiger partial charge in [0.25, 0.3) is 0 Å². The van der Waals surface area contributed by atoms with Crippen molar-refractivity contribution < 1.29 is 22.7 Å². The third-order valence-corrected chi connectivity index (χ3v) is 7.50. The fourth-order valence-electron chi connectivity index (χ4n) is 2.80. The molecule has 0 saturated carbocycles. The van der Waals surface area contributed by atoms with Gasteiger partial charge < -0.3 is 14.8 Å². The predicted molar refractivity (Wildman–Crippen MR) is 113 cm³/mol. The fraction of sp³-hybridized carbons (Fsp3) is 0.350. The van der Waals surface area contributed by atoms with Gasteiger partial charge in [-0.2, -0.15) is 4.31 Å². The van der Waals surface area contributed by atoms with Gasteiger partial charge in [-0.25, -0.2) is 8.42 Å². The SMILES string of the molecule is COc1ccc(S[C@@H](C)C(=O)Nc2ccc(S(=O)(=O)N3CCOCC3)cc2)cc1. The molecule has 0 spiro atoms. The van der Waals surface area contributed by atoms with E-state index in [4.69, 9.17) is 9.47 Å². The predicted octanol–water partition coefficient (Wildman–Crippen LogP) is 2.84. The largest absolute Gasteiger partial charge is 0.497 e. The van der Waals surface area contributed by atoms with Crippen LogP contribution < -0.4 is 10.1 Å². The van der Waals surface area contributed by atoms with Crippen LogP contribution >= 0.6 is 11.8 Å². The molecule has 0 aromatic heterocycles. The van der Waals surface area contributed by atoms with Crippen molar-refractivity contribution in [3.63, 3.8) is 0 Å². The molecule has 1 N–H and O–H groups in total. The van der Waals surface area contributed by atoms with Crippen molar-refractivity contribution in [3.05, 3.63) is 48.5 Å². The lowest BCUT2D eigenvalue weighted by atomic mass is 10.3. The third-order valence-electron chi connectivity index (χ3n) is 4.47. The Morgan fingerprint density at radius 1 is 1.10 bits per heavy atom. The first-order chi connectivity index (χ1) is 13.9. The number of methoxy groups -OCH3 is 1. The lowest BCUT2D eigenvalue weighted by Crippen LogP contribution is -2.40. The molecule has 9 heteroatoms. The molecule has 0 radical (unpaired) electrons. The topological polar surface area (TPSA) is 84.9 Å². The molecule has 0 aliphatic carbocycles. The molecule has 3 rings (SSSR count). The molecule has 1 heterocycles. The minimum Gasteiger partial charge on any atom is -0.497 e. The van der Waals surface area contributed by atoms with Crippen molar-refractivity contribution in [2.75, 3.05) is 38.7 Å². The molecule has 1 aliphatic heterocycles. The monoisotopic (exact) mass is 436 g/mol. The van der Waals surface area contributed by atoms with E-state index in [-0.39, 0.29) is 16.1 Å². The molecule has 1 amide bonds. The van der Waals surface area contributed by atoms with E-state index in [1.54, 1.807) is 19.2 Å². The minimum atomic E-state index is -3.54. The second-order valence-electron chi connectivity index (χ2n) is 6.47. The van der Waals surface area contributed by atoms with Gasteiger partial charge in [-0.15, -0.1) is 11.8 Å². The van der Waals surface area contributed by atoms with Crippen LogP contribution in [0.1, 0.15) is 6.92 Å². The number of carbonyl (C=O) groups is 1. The molecule has 156 valence electrons. The van der Waals surface area contributed by atoms with Crippen LogP contribution in [-0.2, 0) is 19.6 Å². The van der Waals surface area contributed by atoms with Crippen molar-refractivity contribution in [2.24, 2.45) is 0 Å². The number of anilines is 1. The smallest absolute Gasteiger partial charge is 0.243 e. The van der Waals surface area contributed by atoms with E-state index in [0.717, 1.165) is 10.6 Å². The summed E-state index contributed by atoms with van der Waals surface area (Å²) in [5, 5.41) is 2.51. The maximum absolute atomic E-state index is 12.6. The molecule has 1 atom stereocenters. The summed E-state index contributed by atoms with van der Waals surface area (Å²) in [5.74, 6) is 0.605. The number of sulfonamides is 1. The highest BCUT2D eigenvalue weighted by molar-refractivity contribution is 8.00. The number of carbonyl (C=O) groups excluding carboxylic acids is 1. The second kappa shape index (κ2) is 9.62. The van der Waals surface area contributed by atoms with Crippen LogP contribution in [0.5, 0.6) is 5.75 Å². The summed E-state index contributed by atoms with van der Waals surface area (Å²) in [6, 6.07) is 13.7. The maximum atomic E-state index is 12.6. The van der Waals surface area contributed by atoms with Gasteiger partial charge >= 0.3 is 0 Å². The molecule has 29 heavy (non-hydrogen) atoms. The van der Waals surface area contributed by atoms with Gasteiger partial charge in [0.15, 0.2) is 0 Å².